The predicted molar refractivity (Wildman–Crippen MR) is 94.1 cm³/mol. The zero-order valence-electron chi connectivity index (χ0n) is 14.5. The van der Waals surface area contributed by atoms with Gasteiger partial charge < -0.3 is 4.74 Å². The molecule has 0 unspecified atom stereocenters. The van der Waals surface area contributed by atoms with E-state index in [1.54, 1.807) is 0 Å². The van der Waals surface area contributed by atoms with Crippen LogP contribution in [0.4, 0.5) is 0 Å². The van der Waals surface area contributed by atoms with Crippen LogP contribution < -0.4 is 0 Å². The van der Waals surface area contributed by atoms with Crippen LogP contribution in [0.15, 0.2) is 18.2 Å². The van der Waals surface area contributed by atoms with E-state index < -0.39 is 0 Å². The lowest BCUT2D eigenvalue weighted by Gasteiger charge is -2.30. The predicted octanol–water partition coefficient (Wildman–Crippen LogP) is 5.96. The molecule has 0 bridgehead atoms. The second-order valence-electron chi connectivity index (χ2n) is 7.23. The van der Waals surface area contributed by atoms with Crippen LogP contribution in [0.25, 0.3) is 0 Å². The molecule has 2 aliphatic carbocycles. The van der Waals surface area contributed by atoms with Gasteiger partial charge in [0.25, 0.3) is 0 Å². The molecule has 126 valence electrons. The summed E-state index contributed by atoms with van der Waals surface area (Å²) < 4.78 is 5.22. The van der Waals surface area contributed by atoms with Crippen molar-refractivity contribution in [2.24, 2.45) is 0 Å². The van der Waals surface area contributed by atoms with Gasteiger partial charge in [-0.05, 0) is 67.7 Å². The van der Waals surface area contributed by atoms with Crippen molar-refractivity contribution in [3.05, 3.63) is 34.9 Å². The van der Waals surface area contributed by atoms with Crippen LogP contribution in [0, 0.1) is 0 Å². The molecule has 2 nitrogen and oxygen atoms in total. The Hall–Kier alpha value is -1.31. The first-order valence-corrected chi connectivity index (χ1v) is 9.60. The van der Waals surface area contributed by atoms with Gasteiger partial charge in [0, 0.05) is 0 Å². The van der Waals surface area contributed by atoms with E-state index >= 15 is 0 Å². The van der Waals surface area contributed by atoms with Crippen molar-refractivity contribution >= 4 is 5.97 Å². The second-order valence-corrected chi connectivity index (χ2v) is 7.23. The summed E-state index contributed by atoms with van der Waals surface area (Å²) in [6.45, 7) is 2.32. The summed E-state index contributed by atoms with van der Waals surface area (Å²) in [4.78, 5) is 12.1. The highest BCUT2D eigenvalue weighted by molar-refractivity contribution is 5.89. The Bertz CT molecular complexity index is 523. The number of ether oxygens (including phenoxy) is 1. The van der Waals surface area contributed by atoms with E-state index in [0.29, 0.717) is 18.4 Å². The molecular weight excluding hydrogens is 284 g/mol. The Kier molecular flexibility index (Phi) is 5.75. The highest BCUT2D eigenvalue weighted by Gasteiger charge is 2.25. The number of esters is 1. The van der Waals surface area contributed by atoms with E-state index in [-0.39, 0.29) is 5.97 Å². The van der Waals surface area contributed by atoms with E-state index in [2.05, 4.69) is 12.1 Å². The maximum Gasteiger partial charge on any atom is 0.338 e. The molecule has 2 saturated carbocycles. The number of benzene rings is 1. The van der Waals surface area contributed by atoms with E-state index in [1.807, 2.05) is 13.0 Å². The van der Waals surface area contributed by atoms with Gasteiger partial charge in [0.15, 0.2) is 0 Å². The summed E-state index contributed by atoms with van der Waals surface area (Å²) in [7, 11) is 0. The number of rotatable bonds is 4. The smallest absolute Gasteiger partial charge is 0.338 e. The topological polar surface area (TPSA) is 26.3 Å². The minimum atomic E-state index is -0.167. The highest BCUT2D eigenvalue weighted by atomic mass is 16.5. The maximum atomic E-state index is 12.1. The van der Waals surface area contributed by atoms with E-state index in [4.69, 9.17) is 4.74 Å². The van der Waals surface area contributed by atoms with Crippen LogP contribution >= 0.6 is 0 Å². The van der Waals surface area contributed by atoms with Gasteiger partial charge in [0.05, 0.1) is 12.2 Å². The molecule has 0 amide bonds. The van der Waals surface area contributed by atoms with Crippen LogP contribution in [-0.4, -0.2) is 12.6 Å². The third-order valence-corrected chi connectivity index (χ3v) is 5.69. The molecule has 0 spiro atoms. The zero-order valence-corrected chi connectivity index (χ0v) is 14.5. The van der Waals surface area contributed by atoms with Gasteiger partial charge in [-0.1, -0.05) is 44.6 Å². The van der Waals surface area contributed by atoms with Crippen molar-refractivity contribution in [1.82, 2.24) is 0 Å². The average molecular weight is 314 g/mol. The minimum absolute atomic E-state index is 0.167. The number of hydrogen-bond donors (Lipinski definition) is 0. The van der Waals surface area contributed by atoms with Crippen molar-refractivity contribution in [3.8, 4) is 0 Å². The Morgan fingerprint density at radius 1 is 0.913 bits per heavy atom. The summed E-state index contributed by atoms with van der Waals surface area (Å²) in [5.41, 5.74) is 3.73. The Labute approximate surface area is 140 Å². The van der Waals surface area contributed by atoms with Gasteiger partial charge in [0.2, 0.25) is 0 Å². The molecule has 0 aliphatic heterocycles. The molecule has 1 aromatic carbocycles. The molecule has 23 heavy (non-hydrogen) atoms. The first-order valence-electron chi connectivity index (χ1n) is 9.60. The molecule has 0 radical (unpaired) electrons. The summed E-state index contributed by atoms with van der Waals surface area (Å²) in [6.07, 6.45) is 13.3. The lowest BCUT2D eigenvalue weighted by Crippen LogP contribution is -2.14. The van der Waals surface area contributed by atoms with Gasteiger partial charge in [-0.15, -0.1) is 0 Å². The molecule has 0 heterocycles. The molecule has 1 aromatic rings. The van der Waals surface area contributed by atoms with Crippen molar-refractivity contribution in [2.75, 3.05) is 6.61 Å². The van der Waals surface area contributed by atoms with Crippen LogP contribution in [0.2, 0.25) is 0 Å². The van der Waals surface area contributed by atoms with Crippen molar-refractivity contribution in [1.29, 1.82) is 0 Å². The molecule has 3 rings (SSSR count). The largest absolute Gasteiger partial charge is 0.462 e. The number of carbonyl (C=O) groups excluding carboxylic acids is 1. The Morgan fingerprint density at radius 2 is 1.48 bits per heavy atom. The van der Waals surface area contributed by atoms with Gasteiger partial charge in [0.1, 0.15) is 0 Å². The van der Waals surface area contributed by atoms with Crippen LogP contribution in [0.1, 0.15) is 104 Å². The Balaban J connectivity index is 1.91. The third kappa shape index (κ3) is 3.97. The van der Waals surface area contributed by atoms with Gasteiger partial charge >= 0.3 is 5.97 Å². The summed E-state index contributed by atoms with van der Waals surface area (Å²) >= 11 is 0. The molecule has 2 heteroatoms. The normalized spacial score (nSPS) is 20.4. The van der Waals surface area contributed by atoms with Crippen LogP contribution in [0.3, 0.4) is 0 Å². The number of hydrogen-bond acceptors (Lipinski definition) is 2. The lowest BCUT2D eigenvalue weighted by atomic mass is 9.75. The van der Waals surface area contributed by atoms with E-state index in [0.717, 1.165) is 5.56 Å². The third-order valence-electron chi connectivity index (χ3n) is 5.69. The molecule has 0 saturated heterocycles. The maximum absolute atomic E-state index is 12.1. The van der Waals surface area contributed by atoms with Crippen molar-refractivity contribution in [3.63, 3.8) is 0 Å². The summed E-state index contributed by atoms with van der Waals surface area (Å²) in [5.74, 6) is 1.19. The first-order chi connectivity index (χ1) is 11.3. The molecule has 0 N–H and O–H groups in total. The summed E-state index contributed by atoms with van der Waals surface area (Å²) in [5, 5.41) is 0. The fourth-order valence-electron chi connectivity index (χ4n) is 4.47. The number of carbonyl (C=O) groups is 1. The fourth-order valence-corrected chi connectivity index (χ4v) is 4.47. The average Bonchev–Trinajstić information content (AvgIpc) is 2.63. The van der Waals surface area contributed by atoms with Crippen LogP contribution in [0.5, 0.6) is 0 Å². The molecular formula is C21H30O2. The monoisotopic (exact) mass is 314 g/mol. The Morgan fingerprint density at radius 3 is 2.04 bits per heavy atom. The molecule has 2 aliphatic rings. The quantitative estimate of drug-likeness (QED) is 0.641. The van der Waals surface area contributed by atoms with Crippen molar-refractivity contribution in [2.45, 2.75) is 83.0 Å². The molecule has 2 fully saturated rings. The molecule has 0 atom stereocenters. The SMILES string of the molecule is CCOC(=O)c1ccc(C2CCCCC2)c(C2CCCCC2)c1. The first kappa shape index (κ1) is 16.5. The zero-order chi connectivity index (χ0) is 16.1. The highest BCUT2D eigenvalue weighted by Crippen LogP contribution is 2.41. The second kappa shape index (κ2) is 7.99. The summed E-state index contributed by atoms with van der Waals surface area (Å²) in [6, 6.07) is 6.40. The van der Waals surface area contributed by atoms with E-state index in [1.165, 1.54) is 75.3 Å². The van der Waals surface area contributed by atoms with Gasteiger partial charge in [-0.3, -0.25) is 0 Å². The molecule has 0 aromatic heterocycles. The lowest BCUT2D eigenvalue weighted by molar-refractivity contribution is 0.0526. The van der Waals surface area contributed by atoms with Crippen LogP contribution in [-0.2, 0) is 4.74 Å². The minimum Gasteiger partial charge on any atom is -0.462 e. The van der Waals surface area contributed by atoms with Gasteiger partial charge in [-0.2, -0.15) is 0 Å². The van der Waals surface area contributed by atoms with Crippen molar-refractivity contribution < 1.29 is 9.53 Å². The van der Waals surface area contributed by atoms with E-state index in [9.17, 15) is 4.79 Å². The standard InChI is InChI=1S/C21H30O2/c1-2-23-21(22)18-13-14-19(16-9-5-3-6-10-16)20(15-18)17-11-7-4-8-12-17/h13-17H,2-12H2,1H3. The fraction of sp³-hybridized carbons (Fsp3) is 0.667. The van der Waals surface area contributed by atoms with Gasteiger partial charge in [-0.25, -0.2) is 4.79 Å².